The van der Waals surface area contributed by atoms with E-state index in [-0.39, 0.29) is 18.9 Å². The molecule has 0 radical (unpaired) electrons. The van der Waals surface area contributed by atoms with Crippen LogP contribution in [0.1, 0.15) is 12.0 Å². The molecule has 118 valence electrons. The molecular weight excluding hydrogens is 300 g/mol. The van der Waals surface area contributed by atoms with Crippen LogP contribution in [0.2, 0.25) is 0 Å². The molecule has 1 atom stereocenters. The van der Waals surface area contributed by atoms with Crippen LogP contribution >= 0.6 is 11.8 Å². The number of para-hydroxylation sites is 1. The van der Waals surface area contributed by atoms with Gasteiger partial charge in [0.15, 0.2) is 0 Å². The number of nitrogens with one attached hydrogen (secondary N) is 3. The van der Waals surface area contributed by atoms with E-state index in [4.69, 9.17) is 5.26 Å². The summed E-state index contributed by atoms with van der Waals surface area (Å²) < 4.78 is 0. The second-order valence-corrected chi connectivity index (χ2v) is 5.53. The van der Waals surface area contributed by atoms with Crippen molar-refractivity contribution in [2.45, 2.75) is 19.4 Å². The Morgan fingerprint density at radius 3 is 2.73 bits per heavy atom. The number of anilines is 1. The molecule has 1 rings (SSSR count). The van der Waals surface area contributed by atoms with Gasteiger partial charge in [0, 0.05) is 18.0 Å². The monoisotopic (exact) mass is 320 g/mol. The van der Waals surface area contributed by atoms with Crippen LogP contribution in [-0.4, -0.2) is 36.5 Å². The Bertz CT molecular complexity index is 557. The fraction of sp³-hybridized carbons (Fsp3) is 0.400. The van der Waals surface area contributed by atoms with Crippen LogP contribution in [0.25, 0.3) is 0 Å². The lowest BCUT2D eigenvalue weighted by Gasteiger charge is -2.18. The SMILES string of the molecule is CSCC(NC(=O)Nc1ccccc1C)C(=O)NCCC#N. The minimum atomic E-state index is -0.641. The highest BCUT2D eigenvalue weighted by Gasteiger charge is 2.20. The van der Waals surface area contributed by atoms with Crippen LogP contribution < -0.4 is 16.0 Å². The summed E-state index contributed by atoms with van der Waals surface area (Å²) in [6.45, 7) is 2.17. The molecule has 0 aliphatic rings. The molecule has 0 bridgehead atoms. The molecule has 0 spiro atoms. The molecule has 1 unspecified atom stereocenters. The third-order valence-electron chi connectivity index (χ3n) is 2.88. The molecule has 0 fully saturated rings. The first kappa shape index (κ1) is 17.9. The van der Waals surface area contributed by atoms with Gasteiger partial charge in [0.25, 0.3) is 0 Å². The fourth-order valence-corrected chi connectivity index (χ4v) is 2.31. The first-order valence-corrected chi connectivity index (χ1v) is 8.24. The number of nitriles is 1. The van der Waals surface area contributed by atoms with Crippen molar-refractivity contribution in [3.63, 3.8) is 0 Å². The molecular formula is C15H20N4O2S. The lowest BCUT2D eigenvalue weighted by Crippen LogP contribution is -2.49. The van der Waals surface area contributed by atoms with Crippen molar-refractivity contribution in [1.29, 1.82) is 5.26 Å². The van der Waals surface area contributed by atoms with Crippen molar-refractivity contribution in [2.24, 2.45) is 0 Å². The molecule has 0 aliphatic carbocycles. The van der Waals surface area contributed by atoms with E-state index in [1.54, 1.807) is 6.07 Å². The number of nitrogens with zero attached hydrogens (tertiary/aromatic N) is 1. The Morgan fingerprint density at radius 2 is 2.09 bits per heavy atom. The van der Waals surface area contributed by atoms with Crippen LogP contribution in [0.4, 0.5) is 10.5 Å². The fourth-order valence-electron chi connectivity index (χ4n) is 1.74. The van der Waals surface area contributed by atoms with Crippen molar-refractivity contribution in [1.82, 2.24) is 10.6 Å². The summed E-state index contributed by atoms with van der Waals surface area (Å²) in [6.07, 6.45) is 2.10. The van der Waals surface area contributed by atoms with Crippen molar-refractivity contribution in [2.75, 3.05) is 23.9 Å². The quantitative estimate of drug-likeness (QED) is 0.669. The number of urea groups is 1. The van der Waals surface area contributed by atoms with E-state index in [1.807, 2.05) is 37.4 Å². The van der Waals surface area contributed by atoms with Crippen LogP contribution in [0.3, 0.4) is 0 Å². The Morgan fingerprint density at radius 1 is 1.36 bits per heavy atom. The Labute approximate surface area is 134 Å². The van der Waals surface area contributed by atoms with Crippen LogP contribution in [-0.2, 0) is 4.79 Å². The van der Waals surface area contributed by atoms with Gasteiger partial charge in [-0.25, -0.2) is 4.79 Å². The molecule has 1 aromatic rings. The van der Waals surface area contributed by atoms with E-state index >= 15 is 0 Å². The predicted octanol–water partition coefficient (Wildman–Crippen LogP) is 1.88. The highest BCUT2D eigenvalue weighted by molar-refractivity contribution is 7.98. The number of rotatable bonds is 7. The lowest BCUT2D eigenvalue weighted by atomic mass is 10.2. The van der Waals surface area contributed by atoms with Gasteiger partial charge in [-0.15, -0.1) is 0 Å². The summed E-state index contributed by atoms with van der Waals surface area (Å²) in [7, 11) is 0. The number of hydrogen-bond acceptors (Lipinski definition) is 4. The maximum Gasteiger partial charge on any atom is 0.319 e. The van der Waals surface area contributed by atoms with E-state index in [0.29, 0.717) is 11.4 Å². The average molecular weight is 320 g/mol. The zero-order chi connectivity index (χ0) is 16.4. The number of carbonyl (C=O) groups is 2. The Hall–Kier alpha value is -2.20. The van der Waals surface area contributed by atoms with Gasteiger partial charge in [-0.2, -0.15) is 17.0 Å². The minimum absolute atomic E-state index is 0.243. The summed E-state index contributed by atoms with van der Waals surface area (Å²) >= 11 is 1.46. The number of thioether (sulfide) groups is 1. The second kappa shape index (κ2) is 9.68. The molecule has 0 heterocycles. The lowest BCUT2D eigenvalue weighted by molar-refractivity contribution is -0.122. The van der Waals surface area contributed by atoms with Crippen molar-refractivity contribution in [3.8, 4) is 6.07 Å². The van der Waals surface area contributed by atoms with Crippen LogP contribution in [0, 0.1) is 18.3 Å². The topological polar surface area (TPSA) is 94.0 Å². The zero-order valence-corrected chi connectivity index (χ0v) is 13.5. The maximum atomic E-state index is 12.0. The molecule has 6 nitrogen and oxygen atoms in total. The van der Waals surface area contributed by atoms with E-state index in [0.717, 1.165) is 5.56 Å². The van der Waals surface area contributed by atoms with Crippen LogP contribution in [0.5, 0.6) is 0 Å². The first-order valence-electron chi connectivity index (χ1n) is 6.85. The van der Waals surface area contributed by atoms with E-state index in [9.17, 15) is 9.59 Å². The van der Waals surface area contributed by atoms with Crippen molar-refractivity contribution in [3.05, 3.63) is 29.8 Å². The average Bonchev–Trinajstić information content (AvgIpc) is 2.49. The normalized spacial score (nSPS) is 11.1. The highest BCUT2D eigenvalue weighted by Crippen LogP contribution is 2.12. The minimum Gasteiger partial charge on any atom is -0.353 e. The number of aryl methyl sites for hydroxylation is 1. The molecule has 0 aromatic heterocycles. The third kappa shape index (κ3) is 6.06. The summed E-state index contributed by atoms with van der Waals surface area (Å²) in [5.74, 6) is 0.170. The summed E-state index contributed by atoms with van der Waals surface area (Å²) in [6, 6.07) is 8.29. The Balaban J connectivity index is 2.58. The van der Waals surface area contributed by atoms with Gasteiger partial charge in [-0.3, -0.25) is 4.79 Å². The van der Waals surface area contributed by atoms with Gasteiger partial charge in [0.1, 0.15) is 6.04 Å². The molecule has 22 heavy (non-hydrogen) atoms. The van der Waals surface area contributed by atoms with E-state index < -0.39 is 12.1 Å². The standard InChI is InChI=1S/C15H20N4O2S/c1-11-6-3-4-7-12(11)18-15(21)19-13(10-22-2)14(20)17-9-5-8-16/h3-4,6-7,13H,5,9-10H2,1-2H3,(H,17,20)(H2,18,19,21). The first-order chi connectivity index (χ1) is 10.6. The maximum absolute atomic E-state index is 12.0. The van der Waals surface area contributed by atoms with Gasteiger partial charge in [-0.1, -0.05) is 18.2 Å². The molecule has 0 aliphatic heterocycles. The molecule has 0 saturated heterocycles. The third-order valence-corrected chi connectivity index (χ3v) is 3.55. The second-order valence-electron chi connectivity index (χ2n) is 4.62. The molecule has 3 amide bonds. The van der Waals surface area contributed by atoms with E-state index in [1.165, 1.54) is 11.8 Å². The summed E-state index contributed by atoms with van der Waals surface area (Å²) in [4.78, 5) is 24.0. The van der Waals surface area contributed by atoms with Gasteiger partial charge in [0.2, 0.25) is 5.91 Å². The molecule has 1 aromatic carbocycles. The summed E-state index contributed by atoms with van der Waals surface area (Å²) in [5.41, 5.74) is 1.64. The molecule has 7 heteroatoms. The smallest absolute Gasteiger partial charge is 0.319 e. The van der Waals surface area contributed by atoms with Gasteiger partial charge in [0.05, 0.1) is 12.5 Å². The zero-order valence-electron chi connectivity index (χ0n) is 12.7. The predicted molar refractivity (Wildman–Crippen MR) is 88.7 cm³/mol. The number of benzene rings is 1. The highest BCUT2D eigenvalue weighted by atomic mass is 32.2. The van der Waals surface area contributed by atoms with Gasteiger partial charge in [-0.05, 0) is 24.8 Å². The van der Waals surface area contributed by atoms with Crippen LogP contribution in [0.15, 0.2) is 24.3 Å². The number of carbonyl (C=O) groups excluding carboxylic acids is 2. The molecule has 0 saturated carbocycles. The number of amides is 3. The Kier molecular flexibility index (Phi) is 7.86. The van der Waals surface area contributed by atoms with Crippen molar-refractivity contribution < 1.29 is 9.59 Å². The van der Waals surface area contributed by atoms with E-state index in [2.05, 4.69) is 16.0 Å². The largest absolute Gasteiger partial charge is 0.353 e. The van der Waals surface area contributed by atoms with Gasteiger partial charge < -0.3 is 16.0 Å². The van der Waals surface area contributed by atoms with Gasteiger partial charge >= 0.3 is 6.03 Å². The summed E-state index contributed by atoms with van der Waals surface area (Å²) in [5, 5.41) is 16.5. The molecule has 3 N–H and O–H groups in total. The number of hydrogen-bond donors (Lipinski definition) is 3. The van der Waals surface area contributed by atoms with Crippen molar-refractivity contribution >= 4 is 29.4 Å².